The maximum absolute atomic E-state index is 14.7. The summed E-state index contributed by atoms with van der Waals surface area (Å²) in [6.45, 7) is 2.27. The molecular formula is C24H20FNO2. The number of carbonyl (C=O) groups is 1. The summed E-state index contributed by atoms with van der Waals surface area (Å²) in [7, 11) is 0. The van der Waals surface area contributed by atoms with Crippen LogP contribution in [-0.4, -0.2) is 15.9 Å². The molecule has 1 N–H and O–H groups in total. The lowest BCUT2D eigenvalue weighted by atomic mass is 9.93. The van der Waals surface area contributed by atoms with E-state index in [1.807, 2.05) is 61.5 Å². The van der Waals surface area contributed by atoms with Gasteiger partial charge in [0.05, 0.1) is 6.04 Å². The van der Waals surface area contributed by atoms with Gasteiger partial charge in [-0.15, -0.1) is 0 Å². The summed E-state index contributed by atoms with van der Waals surface area (Å²) in [5, 5.41) is 10.7. The number of halogens is 1. The lowest BCUT2D eigenvalue weighted by molar-refractivity contribution is -0.130. The maximum atomic E-state index is 14.7. The molecule has 0 unspecified atom stereocenters. The first kappa shape index (κ1) is 18.0. The fourth-order valence-electron chi connectivity index (χ4n) is 3.64. The normalized spacial score (nSPS) is 16.7. The third-order valence-electron chi connectivity index (χ3n) is 5.06. The molecule has 3 aromatic carbocycles. The molecule has 1 heterocycles. The number of hydrogen-bond donors (Lipinski definition) is 1. The molecule has 0 spiro atoms. The fraction of sp³-hybridized carbons (Fsp3) is 0.125. The average molecular weight is 373 g/mol. The van der Waals surface area contributed by atoms with Gasteiger partial charge in [-0.3, -0.25) is 4.79 Å². The highest BCUT2D eigenvalue weighted by atomic mass is 19.1. The molecule has 28 heavy (non-hydrogen) atoms. The minimum absolute atomic E-state index is 0.276. The van der Waals surface area contributed by atoms with Gasteiger partial charge in [0.25, 0.3) is 5.91 Å². The zero-order chi connectivity index (χ0) is 19.7. The molecule has 140 valence electrons. The Bertz CT molecular complexity index is 1040. The van der Waals surface area contributed by atoms with E-state index in [-0.39, 0.29) is 12.3 Å². The van der Waals surface area contributed by atoms with Crippen LogP contribution in [0.3, 0.4) is 0 Å². The number of carbonyl (C=O) groups excluding carboxylic acids is 1. The van der Waals surface area contributed by atoms with E-state index in [0.29, 0.717) is 16.7 Å². The zero-order valence-corrected chi connectivity index (χ0v) is 15.5. The maximum Gasteiger partial charge on any atom is 0.290 e. The zero-order valence-electron chi connectivity index (χ0n) is 15.5. The van der Waals surface area contributed by atoms with Crippen molar-refractivity contribution in [2.75, 3.05) is 0 Å². The van der Waals surface area contributed by atoms with Crippen molar-refractivity contribution in [1.29, 1.82) is 0 Å². The Morgan fingerprint density at radius 3 is 2.25 bits per heavy atom. The summed E-state index contributed by atoms with van der Waals surface area (Å²) in [4.78, 5) is 14.5. The van der Waals surface area contributed by atoms with E-state index in [1.54, 1.807) is 18.2 Å². The lowest BCUT2D eigenvalue weighted by Crippen LogP contribution is -2.30. The van der Waals surface area contributed by atoms with Crippen LogP contribution in [0.15, 0.2) is 84.6 Å². The Balaban J connectivity index is 1.83. The van der Waals surface area contributed by atoms with E-state index in [9.17, 15) is 14.3 Å². The van der Waals surface area contributed by atoms with Crippen molar-refractivity contribution in [3.05, 3.63) is 113 Å². The van der Waals surface area contributed by atoms with Crippen molar-refractivity contribution in [2.45, 2.75) is 19.5 Å². The third-order valence-corrected chi connectivity index (χ3v) is 5.06. The van der Waals surface area contributed by atoms with E-state index >= 15 is 0 Å². The Kier molecular flexibility index (Phi) is 4.70. The Labute approximate surface area is 163 Å². The number of aliphatic hydroxyl groups excluding tert-OH is 1. The highest BCUT2D eigenvalue weighted by Crippen LogP contribution is 2.44. The summed E-state index contributed by atoms with van der Waals surface area (Å²) in [5.41, 5.74) is 3.54. The first-order chi connectivity index (χ1) is 13.6. The molecule has 0 saturated carbocycles. The summed E-state index contributed by atoms with van der Waals surface area (Å²) in [6, 6.07) is 22.7. The first-order valence-corrected chi connectivity index (χ1v) is 9.16. The molecule has 1 amide bonds. The summed E-state index contributed by atoms with van der Waals surface area (Å²) in [5.74, 6) is -1.23. The summed E-state index contributed by atoms with van der Waals surface area (Å²) < 4.78 is 14.7. The number of rotatable bonds is 4. The van der Waals surface area contributed by atoms with Gasteiger partial charge in [0.2, 0.25) is 0 Å². The van der Waals surface area contributed by atoms with Crippen LogP contribution < -0.4 is 0 Å². The van der Waals surface area contributed by atoms with Gasteiger partial charge in [0.15, 0.2) is 5.76 Å². The van der Waals surface area contributed by atoms with E-state index < -0.39 is 17.8 Å². The molecule has 1 aliphatic heterocycles. The van der Waals surface area contributed by atoms with Crippen molar-refractivity contribution in [3.63, 3.8) is 0 Å². The molecule has 0 bridgehead atoms. The predicted molar refractivity (Wildman–Crippen MR) is 107 cm³/mol. The summed E-state index contributed by atoms with van der Waals surface area (Å²) in [6.07, 6.45) is 0. The molecule has 3 nitrogen and oxygen atoms in total. The second kappa shape index (κ2) is 7.31. The SMILES string of the molecule is Cc1ccc(CN2C(=O)C(O)=C(c3ccccc3)[C@@H]2c2ccccc2F)cc1. The molecule has 4 heteroatoms. The van der Waals surface area contributed by atoms with Crippen LogP contribution in [0.4, 0.5) is 4.39 Å². The molecule has 1 aliphatic rings. The third kappa shape index (κ3) is 3.18. The smallest absolute Gasteiger partial charge is 0.290 e. The van der Waals surface area contributed by atoms with Gasteiger partial charge in [0, 0.05) is 17.7 Å². The Hall–Kier alpha value is -3.40. The molecule has 0 saturated heterocycles. The molecule has 4 rings (SSSR count). The first-order valence-electron chi connectivity index (χ1n) is 9.16. The minimum Gasteiger partial charge on any atom is -0.503 e. The fourth-order valence-corrected chi connectivity index (χ4v) is 3.64. The van der Waals surface area contributed by atoms with E-state index in [0.717, 1.165) is 11.1 Å². The van der Waals surface area contributed by atoms with Crippen LogP contribution >= 0.6 is 0 Å². The number of amides is 1. The second-order valence-corrected chi connectivity index (χ2v) is 6.97. The van der Waals surface area contributed by atoms with Crippen LogP contribution in [0, 0.1) is 12.7 Å². The van der Waals surface area contributed by atoms with Gasteiger partial charge < -0.3 is 10.0 Å². The number of aryl methyl sites for hydroxylation is 1. The van der Waals surface area contributed by atoms with Crippen molar-refractivity contribution >= 4 is 11.5 Å². The number of benzene rings is 3. The van der Waals surface area contributed by atoms with Crippen molar-refractivity contribution in [3.8, 4) is 0 Å². The topological polar surface area (TPSA) is 40.5 Å². The van der Waals surface area contributed by atoms with Crippen LogP contribution in [0.2, 0.25) is 0 Å². The van der Waals surface area contributed by atoms with E-state index in [4.69, 9.17) is 0 Å². The second-order valence-electron chi connectivity index (χ2n) is 6.97. The lowest BCUT2D eigenvalue weighted by Gasteiger charge is -2.28. The number of nitrogens with zero attached hydrogens (tertiary/aromatic N) is 1. The largest absolute Gasteiger partial charge is 0.503 e. The van der Waals surface area contributed by atoms with Crippen LogP contribution in [-0.2, 0) is 11.3 Å². The summed E-state index contributed by atoms with van der Waals surface area (Å²) >= 11 is 0. The molecule has 0 aliphatic carbocycles. The number of hydrogen-bond acceptors (Lipinski definition) is 2. The van der Waals surface area contributed by atoms with Crippen molar-refractivity contribution in [2.24, 2.45) is 0 Å². The van der Waals surface area contributed by atoms with Gasteiger partial charge in [0.1, 0.15) is 5.82 Å². The van der Waals surface area contributed by atoms with Gasteiger partial charge in [-0.25, -0.2) is 4.39 Å². The molecule has 0 fully saturated rings. The monoisotopic (exact) mass is 373 g/mol. The van der Waals surface area contributed by atoms with Gasteiger partial charge in [-0.05, 0) is 24.1 Å². The van der Waals surface area contributed by atoms with E-state index in [2.05, 4.69) is 0 Å². The van der Waals surface area contributed by atoms with Crippen LogP contribution in [0.1, 0.15) is 28.3 Å². The van der Waals surface area contributed by atoms with Crippen molar-refractivity contribution in [1.82, 2.24) is 4.90 Å². The van der Waals surface area contributed by atoms with E-state index in [1.165, 1.54) is 11.0 Å². The van der Waals surface area contributed by atoms with Crippen molar-refractivity contribution < 1.29 is 14.3 Å². The standard InChI is InChI=1S/C24H20FNO2/c1-16-11-13-17(14-12-16)15-26-22(19-9-5-6-10-20(19)25)21(23(27)24(26)28)18-7-3-2-4-8-18/h2-14,22,27H,15H2,1H3/t22-/m0/s1. The Morgan fingerprint density at radius 2 is 1.57 bits per heavy atom. The Morgan fingerprint density at radius 1 is 0.929 bits per heavy atom. The number of aliphatic hydroxyl groups is 1. The van der Waals surface area contributed by atoms with Gasteiger partial charge in [-0.1, -0.05) is 78.4 Å². The minimum atomic E-state index is -0.697. The quantitative estimate of drug-likeness (QED) is 0.684. The van der Waals surface area contributed by atoms with Gasteiger partial charge >= 0.3 is 0 Å². The molecule has 0 radical (unpaired) electrons. The molecular weight excluding hydrogens is 353 g/mol. The van der Waals surface area contributed by atoms with Gasteiger partial charge in [-0.2, -0.15) is 0 Å². The average Bonchev–Trinajstić information content (AvgIpc) is 2.95. The molecule has 0 aromatic heterocycles. The molecule has 3 aromatic rings. The molecule has 1 atom stereocenters. The highest BCUT2D eigenvalue weighted by molar-refractivity contribution is 6.05. The van der Waals surface area contributed by atoms with Crippen LogP contribution in [0.25, 0.3) is 5.57 Å². The van der Waals surface area contributed by atoms with Crippen LogP contribution in [0.5, 0.6) is 0 Å². The predicted octanol–water partition coefficient (Wildman–Crippen LogP) is 5.19. The highest BCUT2D eigenvalue weighted by Gasteiger charge is 2.41.